The monoisotopic (exact) mass is 432 g/mol. The molecule has 0 spiro atoms. The Labute approximate surface area is 178 Å². The van der Waals surface area contributed by atoms with Crippen molar-refractivity contribution in [1.82, 2.24) is 10.6 Å². The number of nitrogens with one attached hydrogen (secondary N) is 2. The van der Waals surface area contributed by atoms with Crippen molar-refractivity contribution in [2.45, 2.75) is 31.5 Å². The fourth-order valence-corrected chi connectivity index (χ4v) is 3.61. The first kappa shape index (κ1) is 23.9. The molecule has 0 aliphatic carbocycles. The van der Waals surface area contributed by atoms with Crippen molar-refractivity contribution < 1.29 is 9.47 Å². The third-order valence-corrected chi connectivity index (χ3v) is 4.94. The summed E-state index contributed by atoms with van der Waals surface area (Å²) in [5.74, 6) is 1.75. The van der Waals surface area contributed by atoms with Gasteiger partial charge in [-0.2, -0.15) is 0 Å². The van der Waals surface area contributed by atoms with Crippen molar-refractivity contribution in [2.24, 2.45) is 0 Å². The molecule has 150 valence electrons. The summed E-state index contributed by atoms with van der Waals surface area (Å²) in [6, 6.07) is 14.6. The van der Waals surface area contributed by atoms with Crippen LogP contribution in [0.4, 0.5) is 0 Å². The van der Waals surface area contributed by atoms with Crippen LogP contribution in [0.2, 0.25) is 5.02 Å². The second kappa shape index (κ2) is 11.6. The summed E-state index contributed by atoms with van der Waals surface area (Å²) >= 11 is 6.14. The van der Waals surface area contributed by atoms with E-state index >= 15 is 0 Å². The van der Waals surface area contributed by atoms with Crippen molar-refractivity contribution in [3.63, 3.8) is 0 Å². The number of piperidine rings is 1. The number of hydrogen-bond donors (Lipinski definition) is 2. The smallest absolute Gasteiger partial charge is 0.123 e. The van der Waals surface area contributed by atoms with Crippen LogP contribution in [-0.4, -0.2) is 26.8 Å². The molecule has 0 radical (unpaired) electrons. The third-order valence-electron chi connectivity index (χ3n) is 4.71. The van der Waals surface area contributed by atoms with Gasteiger partial charge in [0, 0.05) is 29.2 Å². The number of ether oxygens (including phenoxy) is 2. The molecular weight excluding hydrogens is 407 g/mol. The summed E-state index contributed by atoms with van der Waals surface area (Å²) in [7, 11) is 3.39. The number of benzene rings is 2. The summed E-state index contributed by atoms with van der Waals surface area (Å²) in [6.07, 6.45) is 2.28. The zero-order chi connectivity index (χ0) is 17.6. The van der Waals surface area contributed by atoms with E-state index in [1.54, 1.807) is 14.2 Å². The van der Waals surface area contributed by atoms with Gasteiger partial charge in [-0.1, -0.05) is 23.7 Å². The van der Waals surface area contributed by atoms with Gasteiger partial charge in [0.05, 0.1) is 14.2 Å². The summed E-state index contributed by atoms with van der Waals surface area (Å²) in [6.45, 7) is 1.75. The van der Waals surface area contributed by atoms with E-state index < -0.39 is 0 Å². The lowest BCUT2D eigenvalue weighted by Gasteiger charge is -2.34. The Morgan fingerprint density at radius 3 is 2.67 bits per heavy atom. The van der Waals surface area contributed by atoms with Crippen molar-refractivity contribution in [3.8, 4) is 11.5 Å². The van der Waals surface area contributed by atoms with Crippen LogP contribution in [0, 0.1) is 0 Å². The number of methoxy groups -OCH3 is 2. The molecule has 27 heavy (non-hydrogen) atoms. The molecule has 0 saturated carbocycles. The van der Waals surface area contributed by atoms with Gasteiger partial charge in [-0.25, -0.2) is 0 Å². The highest BCUT2D eigenvalue weighted by atomic mass is 35.5. The Kier molecular flexibility index (Phi) is 10.3. The van der Waals surface area contributed by atoms with E-state index in [0.717, 1.165) is 48.0 Å². The van der Waals surface area contributed by atoms with Gasteiger partial charge < -0.3 is 20.1 Å². The first-order chi connectivity index (χ1) is 12.2. The first-order valence-electron chi connectivity index (χ1n) is 8.64. The van der Waals surface area contributed by atoms with Crippen LogP contribution in [0.1, 0.15) is 30.0 Å². The van der Waals surface area contributed by atoms with Crippen LogP contribution in [0.5, 0.6) is 11.5 Å². The highest BCUT2D eigenvalue weighted by Crippen LogP contribution is 2.28. The van der Waals surface area contributed by atoms with E-state index in [0.29, 0.717) is 6.04 Å². The van der Waals surface area contributed by atoms with Crippen LogP contribution in [-0.2, 0) is 6.54 Å². The maximum atomic E-state index is 6.14. The van der Waals surface area contributed by atoms with Crippen molar-refractivity contribution >= 4 is 36.4 Å². The molecule has 1 saturated heterocycles. The zero-order valence-corrected chi connectivity index (χ0v) is 17.9. The Bertz CT molecular complexity index is 715. The minimum Gasteiger partial charge on any atom is -0.497 e. The van der Waals surface area contributed by atoms with Gasteiger partial charge in [0.2, 0.25) is 0 Å². The summed E-state index contributed by atoms with van der Waals surface area (Å²) in [4.78, 5) is 0. The van der Waals surface area contributed by atoms with Crippen molar-refractivity contribution in [3.05, 3.63) is 58.6 Å². The Morgan fingerprint density at radius 2 is 1.93 bits per heavy atom. The largest absolute Gasteiger partial charge is 0.497 e. The zero-order valence-electron chi connectivity index (χ0n) is 15.5. The van der Waals surface area contributed by atoms with Gasteiger partial charge in [-0.05, 0) is 55.3 Å². The van der Waals surface area contributed by atoms with Crippen molar-refractivity contribution in [1.29, 1.82) is 0 Å². The average Bonchev–Trinajstić information content (AvgIpc) is 2.66. The predicted octanol–water partition coefficient (Wildman–Crippen LogP) is 4.78. The number of halogens is 3. The molecule has 2 aromatic carbocycles. The molecule has 1 aliphatic heterocycles. The minimum atomic E-state index is 0. The van der Waals surface area contributed by atoms with Gasteiger partial charge in [-0.3, -0.25) is 0 Å². The molecule has 1 heterocycles. The van der Waals surface area contributed by atoms with E-state index in [2.05, 4.69) is 22.8 Å². The van der Waals surface area contributed by atoms with E-state index in [1.165, 1.54) is 5.56 Å². The Hall–Kier alpha value is -1.17. The van der Waals surface area contributed by atoms with Gasteiger partial charge in [-0.15, -0.1) is 24.8 Å². The topological polar surface area (TPSA) is 42.5 Å². The van der Waals surface area contributed by atoms with Gasteiger partial charge in [0.25, 0.3) is 0 Å². The molecular formula is C20H27Cl3N2O2. The maximum Gasteiger partial charge on any atom is 0.123 e. The molecule has 2 N–H and O–H groups in total. The first-order valence-corrected chi connectivity index (χ1v) is 9.02. The standard InChI is InChI=1S/C20H25ClN2O2.2ClH/c1-24-17-6-3-5-14(12-17)20-18(7-4-10-22-20)23-13-15-11-16(21)8-9-19(15)25-2;;/h3,5-6,8-9,11-12,18,20,22-23H,4,7,10,13H2,1-2H3;2*1H. The summed E-state index contributed by atoms with van der Waals surface area (Å²) in [5.41, 5.74) is 2.32. The van der Waals surface area contributed by atoms with Crippen LogP contribution in [0.3, 0.4) is 0 Å². The van der Waals surface area contributed by atoms with E-state index in [9.17, 15) is 0 Å². The van der Waals surface area contributed by atoms with Crippen LogP contribution in [0.25, 0.3) is 0 Å². The van der Waals surface area contributed by atoms with E-state index in [-0.39, 0.29) is 30.9 Å². The molecule has 0 aromatic heterocycles. The normalized spacial score (nSPS) is 18.8. The quantitative estimate of drug-likeness (QED) is 0.688. The van der Waals surface area contributed by atoms with E-state index in [1.807, 2.05) is 30.3 Å². The average molecular weight is 434 g/mol. The maximum absolute atomic E-state index is 6.14. The molecule has 3 rings (SSSR count). The molecule has 7 heteroatoms. The van der Waals surface area contributed by atoms with Crippen molar-refractivity contribution in [2.75, 3.05) is 20.8 Å². The number of hydrogen-bond acceptors (Lipinski definition) is 4. The molecule has 2 atom stereocenters. The van der Waals surface area contributed by atoms with Gasteiger partial charge >= 0.3 is 0 Å². The van der Waals surface area contributed by atoms with Gasteiger partial charge in [0.1, 0.15) is 11.5 Å². The molecule has 1 fully saturated rings. The fraction of sp³-hybridized carbons (Fsp3) is 0.400. The fourth-order valence-electron chi connectivity index (χ4n) is 3.42. The lowest BCUT2D eigenvalue weighted by molar-refractivity contribution is 0.302. The Balaban J connectivity index is 0.00000182. The highest BCUT2D eigenvalue weighted by Gasteiger charge is 2.26. The third kappa shape index (κ3) is 6.16. The summed E-state index contributed by atoms with van der Waals surface area (Å²) < 4.78 is 10.8. The van der Waals surface area contributed by atoms with Crippen LogP contribution >= 0.6 is 36.4 Å². The second-order valence-electron chi connectivity index (χ2n) is 6.29. The Morgan fingerprint density at radius 1 is 1.11 bits per heavy atom. The SMILES string of the molecule is COc1cccc(C2NCCCC2NCc2cc(Cl)ccc2OC)c1.Cl.Cl. The second-order valence-corrected chi connectivity index (χ2v) is 6.73. The van der Waals surface area contributed by atoms with Crippen LogP contribution < -0.4 is 20.1 Å². The molecule has 2 aromatic rings. The predicted molar refractivity (Wildman–Crippen MR) is 116 cm³/mol. The summed E-state index contributed by atoms with van der Waals surface area (Å²) in [5, 5.41) is 8.05. The van der Waals surface area contributed by atoms with Gasteiger partial charge in [0.15, 0.2) is 0 Å². The molecule has 0 amide bonds. The number of rotatable bonds is 6. The molecule has 0 bridgehead atoms. The lowest BCUT2D eigenvalue weighted by atomic mass is 9.92. The lowest BCUT2D eigenvalue weighted by Crippen LogP contribution is -2.45. The molecule has 2 unspecified atom stereocenters. The molecule has 4 nitrogen and oxygen atoms in total. The van der Waals surface area contributed by atoms with E-state index in [4.69, 9.17) is 21.1 Å². The van der Waals surface area contributed by atoms with Crippen LogP contribution in [0.15, 0.2) is 42.5 Å². The molecule has 1 aliphatic rings. The highest BCUT2D eigenvalue weighted by molar-refractivity contribution is 6.30. The minimum absolute atomic E-state index is 0.